The van der Waals surface area contributed by atoms with Gasteiger partial charge in [0.2, 0.25) is 5.91 Å². The van der Waals surface area contributed by atoms with Crippen LogP contribution in [0.2, 0.25) is 0 Å². The fourth-order valence-electron chi connectivity index (χ4n) is 1.22. The van der Waals surface area contributed by atoms with Crippen LogP contribution >= 0.6 is 0 Å². The van der Waals surface area contributed by atoms with Gasteiger partial charge in [-0.15, -0.1) is 0 Å². The quantitative estimate of drug-likeness (QED) is 0.687. The van der Waals surface area contributed by atoms with E-state index in [4.69, 9.17) is 5.26 Å². The van der Waals surface area contributed by atoms with Crippen LogP contribution in [0.5, 0.6) is 0 Å². The summed E-state index contributed by atoms with van der Waals surface area (Å²) in [6.07, 6.45) is 1.42. The minimum absolute atomic E-state index is 0.0449. The van der Waals surface area contributed by atoms with E-state index in [1.54, 1.807) is 0 Å². The minimum atomic E-state index is 0.0449. The van der Waals surface area contributed by atoms with Crippen LogP contribution in [-0.2, 0) is 4.79 Å². The van der Waals surface area contributed by atoms with Crippen LogP contribution in [0.3, 0.4) is 0 Å². The summed E-state index contributed by atoms with van der Waals surface area (Å²) in [5, 5.41) is 11.3. The van der Waals surface area contributed by atoms with E-state index < -0.39 is 0 Å². The van der Waals surface area contributed by atoms with Gasteiger partial charge in [0, 0.05) is 25.6 Å². The molecule has 4 heteroatoms. The van der Waals surface area contributed by atoms with Crippen molar-refractivity contribution >= 4 is 5.91 Å². The Bertz CT molecular complexity index is 220. The fourth-order valence-corrected chi connectivity index (χ4v) is 1.22. The third-order valence-corrected chi connectivity index (χ3v) is 2.16. The molecule has 15 heavy (non-hydrogen) atoms. The third-order valence-electron chi connectivity index (χ3n) is 2.16. The second kappa shape index (κ2) is 8.25. The summed E-state index contributed by atoms with van der Waals surface area (Å²) in [6.45, 7) is 7.86. The second-order valence-corrected chi connectivity index (χ2v) is 3.82. The molecule has 4 nitrogen and oxygen atoms in total. The lowest BCUT2D eigenvalue weighted by Gasteiger charge is -2.24. The van der Waals surface area contributed by atoms with Crippen LogP contribution in [0.25, 0.3) is 0 Å². The highest BCUT2D eigenvalue weighted by Crippen LogP contribution is 1.98. The van der Waals surface area contributed by atoms with Gasteiger partial charge < -0.3 is 5.32 Å². The standard InChI is InChI=1S/C11H21N3O/c1-4-7-13-11(15)9-14(10(2)3)8-5-6-12/h10H,4-5,7-9H2,1-3H3,(H,13,15). The Kier molecular flexibility index (Phi) is 7.65. The van der Waals surface area contributed by atoms with Gasteiger partial charge in [0.05, 0.1) is 12.6 Å². The zero-order valence-corrected chi connectivity index (χ0v) is 9.92. The number of carbonyl (C=O) groups is 1. The molecule has 0 aromatic rings. The van der Waals surface area contributed by atoms with E-state index in [0.29, 0.717) is 25.6 Å². The molecule has 0 atom stereocenters. The van der Waals surface area contributed by atoms with Gasteiger partial charge in [0.25, 0.3) is 0 Å². The first-order valence-corrected chi connectivity index (χ1v) is 5.49. The maximum atomic E-state index is 11.4. The smallest absolute Gasteiger partial charge is 0.234 e. The van der Waals surface area contributed by atoms with Gasteiger partial charge in [-0.3, -0.25) is 9.69 Å². The zero-order valence-electron chi connectivity index (χ0n) is 9.92. The molecule has 0 aromatic heterocycles. The minimum Gasteiger partial charge on any atom is -0.355 e. The van der Waals surface area contributed by atoms with Crippen molar-refractivity contribution in [3.05, 3.63) is 0 Å². The third kappa shape index (κ3) is 6.92. The number of hydrogen-bond donors (Lipinski definition) is 1. The maximum absolute atomic E-state index is 11.4. The van der Waals surface area contributed by atoms with E-state index in [9.17, 15) is 4.79 Å². The van der Waals surface area contributed by atoms with Crippen LogP contribution in [0, 0.1) is 11.3 Å². The van der Waals surface area contributed by atoms with Gasteiger partial charge in [-0.05, 0) is 20.3 Å². The van der Waals surface area contributed by atoms with E-state index in [0.717, 1.165) is 13.0 Å². The molecule has 0 unspecified atom stereocenters. The van der Waals surface area contributed by atoms with Crippen molar-refractivity contribution < 1.29 is 4.79 Å². The summed E-state index contributed by atoms with van der Waals surface area (Å²) in [4.78, 5) is 13.5. The SMILES string of the molecule is CCCNC(=O)CN(CCC#N)C(C)C. The van der Waals surface area contributed by atoms with Crippen molar-refractivity contribution in [2.24, 2.45) is 0 Å². The lowest BCUT2D eigenvalue weighted by molar-refractivity contribution is -0.122. The first-order chi connectivity index (χ1) is 7.11. The molecule has 0 bridgehead atoms. The number of nitrogens with one attached hydrogen (secondary N) is 1. The average Bonchev–Trinajstić information content (AvgIpc) is 2.20. The molecule has 0 radical (unpaired) electrons. The number of nitrogens with zero attached hydrogens (tertiary/aromatic N) is 2. The molecule has 1 N–H and O–H groups in total. The number of rotatable bonds is 7. The van der Waals surface area contributed by atoms with Crippen LogP contribution in [-0.4, -0.2) is 36.5 Å². The number of hydrogen-bond acceptors (Lipinski definition) is 3. The summed E-state index contributed by atoms with van der Waals surface area (Å²) in [5.74, 6) is 0.0449. The summed E-state index contributed by atoms with van der Waals surface area (Å²) >= 11 is 0. The van der Waals surface area contributed by atoms with E-state index >= 15 is 0 Å². The van der Waals surface area contributed by atoms with Crippen LogP contribution in [0.1, 0.15) is 33.6 Å². The second-order valence-electron chi connectivity index (χ2n) is 3.82. The summed E-state index contributed by atoms with van der Waals surface area (Å²) < 4.78 is 0. The number of nitriles is 1. The predicted molar refractivity (Wildman–Crippen MR) is 60.2 cm³/mol. The highest BCUT2D eigenvalue weighted by atomic mass is 16.2. The van der Waals surface area contributed by atoms with E-state index in [1.165, 1.54) is 0 Å². The number of amides is 1. The molecular formula is C11H21N3O. The Morgan fingerprint density at radius 3 is 2.67 bits per heavy atom. The van der Waals surface area contributed by atoms with Crippen molar-refractivity contribution in [3.8, 4) is 6.07 Å². The Morgan fingerprint density at radius 1 is 1.53 bits per heavy atom. The summed E-state index contributed by atoms with van der Waals surface area (Å²) in [5.41, 5.74) is 0. The molecule has 0 saturated heterocycles. The average molecular weight is 211 g/mol. The van der Waals surface area contributed by atoms with Gasteiger partial charge in [-0.2, -0.15) is 5.26 Å². The number of carbonyl (C=O) groups excluding carboxylic acids is 1. The van der Waals surface area contributed by atoms with Gasteiger partial charge in [0.1, 0.15) is 0 Å². The van der Waals surface area contributed by atoms with Crippen LogP contribution in [0.15, 0.2) is 0 Å². The van der Waals surface area contributed by atoms with Gasteiger partial charge in [0.15, 0.2) is 0 Å². The lowest BCUT2D eigenvalue weighted by atomic mass is 10.3. The molecule has 86 valence electrons. The fraction of sp³-hybridized carbons (Fsp3) is 0.818. The zero-order chi connectivity index (χ0) is 11.7. The van der Waals surface area contributed by atoms with Gasteiger partial charge in [-0.25, -0.2) is 0 Å². The van der Waals surface area contributed by atoms with Crippen molar-refractivity contribution in [1.29, 1.82) is 5.26 Å². The molecule has 0 fully saturated rings. The molecule has 0 spiro atoms. The molecule has 0 aliphatic carbocycles. The Hall–Kier alpha value is -1.08. The van der Waals surface area contributed by atoms with Crippen LogP contribution in [0.4, 0.5) is 0 Å². The predicted octanol–water partition coefficient (Wildman–Crippen LogP) is 1.14. The van der Waals surface area contributed by atoms with Crippen molar-refractivity contribution in [2.75, 3.05) is 19.6 Å². The monoisotopic (exact) mass is 211 g/mol. The van der Waals surface area contributed by atoms with E-state index in [1.807, 2.05) is 25.7 Å². The normalized spacial score (nSPS) is 10.4. The maximum Gasteiger partial charge on any atom is 0.234 e. The Balaban J connectivity index is 3.94. The summed E-state index contributed by atoms with van der Waals surface area (Å²) in [6, 6.07) is 2.39. The molecule has 0 saturated carbocycles. The molecule has 0 aromatic carbocycles. The van der Waals surface area contributed by atoms with Crippen molar-refractivity contribution in [3.63, 3.8) is 0 Å². The van der Waals surface area contributed by atoms with Crippen LogP contribution < -0.4 is 5.32 Å². The lowest BCUT2D eigenvalue weighted by Crippen LogP contribution is -2.41. The first-order valence-electron chi connectivity index (χ1n) is 5.49. The highest BCUT2D eigenvalue weighted by Gasteiger charge is 2.12. The van der Waals surface area contributed by atoms with Gasteiger partial charge >= 0.3 is 0 Å². The topological polar surface area (TPSA) is 56.1 Å². The Morgan fingerprint density at radius 2 is 2.20 bits per heavy atom. The molecular weight excluding hydrogens is 190 g/mol. The van der Waals surface area contributed by atoms with Gasteiger partial charge in [-0.1, -0.05) is 6.92 Å². The Labute approximate surface area is 92.3 Å². The molecule has 0 heterocycles. The molecule has 0 aliphatic heterocycles. The van der Waals surface area contributed by atoms with Crippen molar-refractivity contribution in [2.45, 2.75) is 39.7 Å². The molecule has 0 rings (SSSR count). The molecule has 0 aliphatic rings. The van der Waals surface area contributed by atoms with Crippen molar-refractivity contribution in [1.82, 2.24) is 10.2 Å². The highest BCUT2D eigenvalue weighted by molar-refractivity contribution is 5.77. The summed E-state index contributed by atoms with van der Waals surface area (Å²) in [7, 11) is 0. The van der Waals surface area contributed by atoms with E-state index in [2.05, 4.69) is 11.4 Å². The largest absolute Gasteiger partial charge is 0.355 e. The van der Waals surface area contributed by atoms with E-state index in [-0.39, 0.29) is 5.91 Å². The first kappa shape index (κ1) is 13.9. The molecule has 1 amide bonds.